The summed E-state index contributed by atoms with van der Waals surface area (Å²) in [5, 5.41) is 57.8. The number of aromatic nitrogens is 10. The van der Waals surface area contributed by atoms with Crippen LogP contribution in [0.15, 0.2) is 116 Å². The number of anilines is 4. The fraction of sp³-hybridized carbons (Fsp3) is 0.573. The van der Waals surface area contributed by atoms with E-state index in [2.05, 4.69) is 104 Å². The molecule has 774 valence electrons. The van der Waals surface area contributed by atoms with E-state index >= 15 is 0 Å². The molecule has 4 saturated carbocycles. The zero-order valence-electron chi connectivity index (χ0n) is 84.1. The van der Waals surface area contributed by atoms with Gasteiger partial charge in [0.2, 0.25) is 70.9 Å². The third-order valence-electron chi connectivity index (χ3n) is 29.6. The van der Waals surface area contributed by atoms with E-state index in [1.807, 2.05) is 97.9 Å². The van der Waals surface area contributed by atoms with Crippen LogP contribution in [-0.2, 0) is 64.0 Å². The molecule has 0 unspecified atom stereocenters. The first-order valence-corrected chi connectivity index (χ1v) is 53.2. The molecule has 4 aliphatic carbocycles. The van der Waals surface area contributed by atoms with Gasteiger partial charge in [0, 0.05) is 67.5 Å². The van der Waals surface area contributed by atoms with E-state index in [4.69, 9.17) is 4.74 Å². The van der Waals surface area contributed by atoms with Gasteiger partial charge in [0.05, 0.1) is 47.7 Å². The predicted molar refractivity (Wildman–Crippen MR) is 549 cm³/mol. The van der Waals surface area contributed by atoms with Gasteiger partial charge >= 0.3 is 0 Å². The summed E-state index contributed by atoms with van der Waals surface area (Å²) in [7, 11) is 6.89. The molecular formula is C103H142N26O13S2. The zero-order chi connectivity index (χ0) is 102. The van der Waals surface area contributed by atoms with Gasteiger partial charge in [-0.15, -0.1) is 16.4 Å². The van der Waals surface area contributed by atoms with Crippen LogP contribution in [0.1, 0.15) is 218 Å². The highest BCUT2D eigenvalue weighted by molar-refractivity contribution is 7.16. The standard InChI is InChI=1S/C27H36N6O4S.C27H37N5O3S.C25H35N7O3.C24H34N8O3/c1-16(28-2)24(34)29-23(18-7-4-3-5-8-18)27(36)33-13-6-9-20(33)25(35)30-26-22(31-32-38-26)19-11-10-17-12-14-37-21(17)15-19;1-17(28-3)24(33)30-23(20-13-8-5-9-14-20)27(35)32-16-10-15-21(32)25(34)31-26-22(29-18(2)36-26)19-11-6-4-7-12-19;1-17(26-2)23(33)30-22(18-9-4-3-5-10-18)25(35)31-16-8-11-19(31)24(34)29-21-13-15-28-32(21)20-12-6-7-14-27-20;1-16(25-2)21(33)26-20(17-10-5-3-6-11-17)23(35)31-15-9-14-19(31)22(34)27-24-28-29-30-32(24)18-12-7-4-8-13-18/h10-11,15-16,18,20,23,28H,3-9,12-14H2,1-2H3,(H,29,34)(H,30,35);4,6-7,11-12,17,20-21,23,28H,5,8-10,13-16H2,1-3H3,(H,30,33)(H,31,34);6-7,12-15,17-19,22,26H,3-5,8-11,16H2,1-2H3,(H,29,34)(H,30,33);4,7-8,12-13,16-17,19-20,25H,3,5-6,9-11,14-15H2,1-2H3,(H,26,33)(H,27,28,30,34)/t16-,20-,23-;17-,21-,23-;17-,19-,22-;16-,19-,20-/m0000/s1. The van der Waals surface area contributed by atoms with Crippen LogP contribution in [0, 0.1) is 30.6 Å². The normalized spacial score (nSPS) is 20.4. The average Bonchev–Trinajstić information content (AvgIpc) is 1.62. The Morgan fingerprint density at radius 3 is 1.24 bits per heavy atom. The van der Waals surface area contributed by atoms with E-state index in [1.54, 1.807) is 105 Å². The minimum Gasteiger partial charge on any atom is -0.493 e. The number of likely N-dealkylation sites (N-methyl/N-ethyl adjacent to an activating group) is 4. The second kappa shape index (κ2) is 52.4. The number of likely N-dealkylation sites (tertiary alicyclic amines) is 4. The first-order valence-electron chi connectivity index (χ1n) is 51.6. The van der Waals surface area contributed by atoms with Crippen LogP contribution in [0.3, 0.4) is 0 Å². The van der Waals surface area contributed by atoms with E-state index in [0.717, 1.165) is 199 Å². The molecule has 8 fully saturated rings. The molecule has 0 radical (unpaired) electrons. The van der Waals surface area contributed by atoms with Crippen LogP contribution in [0.2, 0.25) is 0 Å². The number of nitrogens with zero attached hydrogens (tertiary/aromatic N) is 14. The second-order valence-corrected chi connectivity index (χ2v) is 41.0. The highest BCUT2D eigenvalue weighted by atomic mass is 32.1. The van der Waals surface area contributed by atoms with Crippen LogP contribution in [0.25, 0.3) is 34.0 Å². The third-order valence-corrected chi connectivity index (χ3v) is 31.1. The maximum absolute atomic E-state index is 13.9. The van der Waals surface area contributed by atoms with Crippen LogP contribution in [0.4, 0.5) is 21.8 Å². The average molecular weight is 2020 g/mol. The molecule has 3 aromatic carbocycles. The van der Waals surface area contributed by atoms with E-state index in [9.17, 15) is 57.5 Å². The van der Waals surface area contributed by atoms with Crippen molar-refractivity contribution in [2.45, 2.75) is 293 Å². The molecule has 144 heavy (non-hydrogen) atoms. The van der Waals surface area contributed by atoms with E-state index in [1.165, 1.54) is 16.0 Å². The van der Waals surface area contributed by atoms with E-state index in [-0.39, 0.29) is 101 Å². The summed E-state index contributed by atoms with van der Waals surface area (Å²) >= 11 is 2.55. The summed E-state index contributed by atoms with van der Waals surface area (Å²) in [5.41, 5.74) is 4.97. The molecule has 5 aliphatic heterocycles. The largest absolute Gasteiger partial charge is 0.493 e. The molecule has 12 N–H and O–H groups in total. The molecule has 4 saturated heterocycles. The molecule has 0 spiro atoms. The smallest absolute Gasteiger partial charge is 0.254 e. The van der Waals surface area contributed by atoms with Crippen molar-refractivity contribution in [3.8, 4) is 39.8 Å². The number of carbonyl (C=O) groups is 12. The number of benzene rings is 3. The summed E-state index contributed by atoms with van der Waals surface area (Å²) in [4.78, 5) is 175. The number of ether oxygens (including phenoxy) is 1. The topological polar surface area (TPSA) is 484 Å². The number of hydrogen-bond donors (Lipinski definition) is 12. The van der Waals surface area contributed by atoms with Crippen molar-refractivity contribution >= 4 is 116 Å². The van der Waals surface area contributed by atoms with Crippen LogP contribution < -0.4 is 68.5 Å². The summed E-state index contributed by atoms with van der Waals surface area (Å²) in [6, 6.07) is 25.6. The lowest BCUT2D eigenvalue weighted by Crippen LogP contribution is -2.57. The van der Waals surface area contributed by atoms with Crippen molar-refractivity contribution in [1.82, 2.24) is 112 Å². The van der Waals surface area contributed by atoms with Crippen LogP contribution >= 0.6 is 22.9 Å². The fourth-order valence-corrected chi connectivity index (χ4v) is 22.3. The van der Waals surface area contributed by atoms with Crippen LogP contribution in [0.5, 0.6) is 5.75 Å². The highest BCUT2D eigenvalue weighted by Crippen LogP contribution is 2.40. The Morgan fingerprint density at radius 2 is 0.812 bits per heavy atom. The zero-order valence-corrected chi connectivity index (χ0v) is 85.8. The number of para-hydroxylation sites is 1. The number of hydrogen-bond acceptors (Lipinski definition) is 27. The second-order valence-electron chi connectivity index (χ2n) is 39.0. The molecule has 5 aromatic heterocycles. The number of amides is 12. The number of tetrazole rings is 1. The number of fused-ring (bicyclic) bond motifs is 1. The Labute approximate surface area is 849 Å². The van der Waals surface area contributed by atoms with Gasteiger partial charge < -0.3 is 82.8 Å². The number of thiazole rings is 1. The molecule has 0 bridgehead atoms. The van der Waals surface area contributed by atoms with Crippen molar-refractivity contribution in [2.24, 2.45) is 23.7 Å². The van der Waals surface area contributed by atoms with Crippen molar-refractivity contribution < 1.29 is 62.3 Å². The third kappa shape index (κ3) is 27.2. The molecular weight excluding hydrogens is 1870 g/mol. The maximum Gasteiger partial charge on any atom is 0.254 e. The molecule has 41 heteroatoms. The lowest BCUT2D eigenvalue weighted by atomic mass is 9.83. The Bertz CT molecular complexity index is 5480. The predicted octanol–water partition coefficient (Wildman–Crippen LogP) is 9.60. The number of rotatable bonds is 32. The van der Waals surface area contributed by atoms with Crippen molar-refractivity contribution in [1.29, 1.82) is 0 Å². The Hall–Kier alpha value is -12.4. The van der Waals surface area contributed by atoms with Gasteiger partial charge in [-0.3, -0.25) is 62.9 Å². The summed E-state index contributed by atoms with van der Waals surface area (Å²) in [6.45, 7) is 11.7. The summed E-state index contributed by atoms with van der Waals surface area (Å²) in [5.74, 6) is -0.0451. The minimum atomic E-state index is -0.645. The molecule has 8 aromatic rings. The molecule has 12 amide bonds. The maximum atomic E-state index is 13.9. The lowest BCUT2D eigenvalue weighted by Gasteiger charge is -2.35. The molecule has 12 atom stereocenters. The molecule has 9 aliphatic rings. The monoisotopic (exact) mass is 2020 g/mol. The van der Waals surface area contributed by atoms with Crippen molar-refractivity contribution in [2.75, 3.05) is 82.2 Å². The van der Waals surface area contributed by atoms with Gasteiger partial charge in [0.15, 0.2) is 5.82 Å². The number of carbonyl (C=O) groups excluding carboxylic acids is 12. The Morgan fingerprint density at radius 1 is 0.403 bits per heavy atom. The van der Waals surface area contributed by atoms with E-state index in [0.29, 0.717) is 97.9 Å². The van der Waals surface area contributed by atoms with Crippen LogP contribution in [-0.4, -0.2) is 274 Å². The SMILES string of the molecule is CN[C@@H](C)C(=O)N[C@H](C(=O)N1CCC[C@H]1C(=O)Nc1ccnn1-c1ccccn1)C1CCCCC1.CN[C@@H](C)C(=O)N[C@H](C(=O)N1CCC[C@H]1C(=O)Nc1nnnn1-c1ccccc1)C1CCCCC1.CN[C@@H](C)C(=O)N[C@H](C(=O)N1CCC[C@H]1C(=O)Nc1sc(C)nc1-c1ccccc1)C1CCCCC1.CN[C@@H](C)C(=O)N[C@H](C(=O)N1CCC[C@H]1C(=O)Nc1snnc1-c1ccc2c(c1)OCC2)C1CCCCC1. The first-order chi connectivity index (χ1) is 69.8. The Balaban J connectivity index is 0.000000152. The minimum absolute atomic E-state index is 0.0685. The Kier molecular flexibility index (Phi) is 39.0. The molecule has 17 rings (SSSR count). The number of aryl methyl sites for hydroxylation is 1. The van der Waals surface area contributed by atoms with Gasteiger partial charge in [-0.05, 0) is 236 Å². The summed E-state index contributed by atoms with van der Waals surface area (Å²) < 4.78 is 12.8. The molecule has 10 heterocycles. The van der Waals surface area contributed by atoms with Gasteiger partial charge in [0.25, 0.3) is 5.95 Å². The lowest BCUT2D eigenvalue weighted by molar-refractivity contribution is -0.142. The van der Waals surface area contributed by atoms with Crippen molar-refractivity contribution in [3.05, 3.63) is 126 Å². The fourth-order valence-electron chi connectivity index (χ4n) is 20.9. The quantitative estimate of drug-likeness (QED) is 0.0186. The number of pyridine rings is 1. The molecule has 39 nitrogen and oxygen atoms in total. The van der Waals surface area contributed by atoms with Gasteiger partial charge in [-0.1, -0.05) is 153 Å². The van der Waals surface area contributed by atoms with Gasteiger partial charge in [0.1, 0.15) is 81.3 Å². The first kappa shape index (κ1) is 107. The highest BCUT2D eigenvalue weighted by Gasteiger charge is 2.48. The van der Waals surface area contributed by atoms with Gasteiger partial charge in [-0.2, -0.15) is 14.5 Å². The van der Waals surface area contributed by atoms with E-state index < -0.39 is 72.5 Å². The van der Waals surface area contributed by atoms with Gasteiger partial charge in [-0.25, -0.2) is 9.97 Å². The summed E-state index contributed by atoms with van der Waals surface area (Å²) in [6.07, 6.45) is 29.6. The number of nitrogens with one attached hydrogen (secondary N) is 12. The van der Waals surface area contributed by atoms with Crippen molar-refractivity contribution in [3.63, 3.8) is 0 Å².